The molecule has 0 heterocycles. The topological polar surface area (TPSA) is 17.1 Å². The molecule has 0 fully saturated rings. The lowest BCUT2D eigenvalue weighted by atomic mass is 10.0. The maximum atomic E-state index is 10.6. The highest BCUT2D eigenvalue weighted by atomic mass is 16.1. The Morgan fingerprint density at radius 1 is 1.62 bits per heavy atom. The van der Waals surface area contributed by atoms with Gasteiger partial charge in [-0.25, -0.2) is 0 Å². The van der Waals surface area contributed by atoms with Gasteiger partial charge in [-0.1, -0.05) is 18.7 Å². The highest BCUT2D eigenvalue weighted by Gasteiger charge is 2.05. The van der Waals surface area contributed by atoms with Crippen LogP contribution in [0.5, 0.6) is 0 Å². The maximum Gasteiger partial charge on any atom is 0.162 e. The molecular weight excluding hydrogens is 100 g/mol. The summed E-state index contributed by atoms with van der Waals surface area (Å²) in [7, 11) is 0. The Morgan fingerprint density at radius 2 is 2.38 bits per heavy atom. The first-order chi connectivity index (χ1) is 3.80. The fourth-order valence-electron chi connectivity index (χ4n) is 0.694. The third-order valence-corrected chi connectivity index (χ3v) is 1.22. The number of hydrogen-bond donors (Lipinski definition) is 0. The fraction of sp³-hybridized carbons (Fsp3) is 0.286. The molecule has 0 bridgehead atoms. The van der Waals surface area contributed by atoms with Crippen LogP contribution in [0.15, 0.2) is 24.3 Å². The van der Waals surface area contributed by atoms with Crippen LogP contribution in [-0.4, -0.2) is 5.78 Å². The summed E-state index contributed by atoms with van der Waals surface area (Å²) in [5.74, 6) is 0.188. The van der Waals surface area contributed by atoms with Crippen molar-refractivity contribution in [2.45, 2.75) is 12.8 Å². The molecule has 0 atom stereocenters. The summed E-state index contributed by atoms with van der Waals surface area (Å²) in [6.07, 6.45) is 5.29. The summed E-state index contributed by atoms with van der Waals surface area (Å²) in [4.78, 5) is 10.6. The van der Waals surface area contributed by atoms with Gasteiger partial charge in [0.1, 0.15) is 0 Å². The van der Waals surface area contributed by atoms with Crippen LogP contribution in [0.1, 0.15) is 12.8 Å². The SMILES string of the molecule is C=C1C=CCCC1=O. The zero-order valence-electron chi connectivity index (χ0n) is 4.68. The molecule has 1 heteroatoms. The number of carbonyl (C=O) groups excluding carboxylic acids is 1. The Labute approximate surface area is 48.7 Å². The van der Waals surface area contributed by atoms with Gasteiger partial charge in [-0.05, 0) is 6.42 Å². The van der Waals surface area contributed by atoms with E-state index in [1.165, 1.54) is 0 Å². The Hall–Kier alpha value is -0.850. The van der Waals surface area contributed by atoms with Crippen LogP contribution in [0.4, 0.5) is 0 Å². The van der Waals surface area contributed by atoms with E-state index in [4.69, 9.17) is 0 Å². The van der Waals surface area contributed by atoms with E-state index in [1.807, 2.05) is 6.08 Å². The van der Waals surface area contributed by atoms with Crippen LogP contribution in [0.2, 0.25) is 0 Å². The van der Waals surface area contributed by atoms with Crippen LogP contribution in [0, 0.1) is 0 Å². The van der Waals surface area contributed by atoms with E-state index >= 15 is 0 Å². The first-order valence-electron chi connectivity index (χ1n) is 2.69. The number of ketones is 1. The fourth-order valence-corrected chi connectivity index (χ4v) is 0.694. The van der Waals surface area contributed by atoms with E-state index in [0.29, 0.717) is 12.0 Å². The van der Waals surface area contributed by atoms with Gasteiger partial charge >= 0.3 is 0 Å². The van der Waals surface area contributed by atoms with Crippen molar-refractivity contribution in [2.24, 2.45) is 0 Å². The van der Waals surface area contributed by atoms with E-state index in [0.717, 1.165) is 6.42 Å². The van der Waals surface area contributed by atoms with E-state index in [-0.39, 0.29) is 5.78 Å². The van der Waals surface area contributed by atoms with E-state index in [1.54, 1.807) is 6.08 Å². The minimum atomic E-state index is 0.188. The molecule has 0 aromatic rings. The second kappa shape index (κ2) is 1.95. The molecule has 1 nitrogen and oxygen atoms in total. The first-order valence-corrected chi connectivity index (χ1v) is 2.69. The standard InChI is InChI=1S/C7H8O/c1-6-4-2-3-5-7(6)8/h2,4H,1,3,5H2. The predicted octanol–water partition coefficient (Wildman–Crippen LogP) is 1.46. The van der Waals surface area contributed by atoms with Gasteiger partial charge in [0.2, 0.25) is 0 Å². The predicted molar refractivity (Wildman–Crippen MR) is 32.5 cm³/mol. The van der Waals surface area contributed by atoms with E-state index < -0.39 is 0 Å². The van der Waals surface area contributed by atoms with Crippen molar-refractivity contribution in [1.82, 2.24) is 0 Å². The van der Waals surface area contributed by atoms with Crippen molar-refractivity contribution < 1.29 is 4.79 Å². The third kappa shape index (κ3) is 0.861. The largest absolute Gasteiger partial charge is 0.294 e. The summed E-state index contributed by atoms with van der Waals surface area (Å²) in [5.41, 5.74) is 0.649. The van der Waals surface area contributed by atoms with E-state index in [2.05, 4.69) is 6.58 Å². The summed E-state index contributed by atoms with van der Waals surface area (Å²) >= 11 is 0. The summed E-state index contributed by atoms with van der Waals surface area (Å²) in [6, 6.07) is 0. The molecule has 0 saturated heterocycles. The summed E-state index contributed by atoms with van der Waals surface area (Å²) in [6.45, 7) is 3.56. The average molecular weight is 108 g/mol. The second-order valence-electron chi connectivity index (χ2n) is 1.89. The summed E-state index contributed by atoms with van der Waals surface area (Å²) in [5, 5.41) is 0. The zero-order chi connectivity index (χ0) is 5.98. The minimum absolute atomic E-state index is 0.188. The molecular formula is C7H8O. The van der Waals surface area contributed by atoms with Gasteiger partial charge in [-0.15, -0.1) is 0 Å². The summed E-state index contributed by atoms with van der Waals surface area (Å²) < 4.78 is 0. The Kier molecular flexibility index (Phi) is 1.29. The molecule has 0 unspecified atom stereocenters. The molecule has 1 aliphatic rings. The smallest absolute Gasteiger partial charge is 0.162 e. The van der Waals surface area contributed by atoms with E-state index in [9.17, 15) is 4.79 Å². The van der Waals surface area contributed by atoms with Gasteiger partial charge in [-0.3, -0.25) is 4.79 Å². The average Bonchev–Trinajstić information content (AvgIpc) is 1.77. The van der Waals surface area contributed by atoms with Crippen LogP contribution in [-0.2, 0) is 4.79 Å². The van der Waals surface area contributed by atoms with Crippen LogP contribution >= 0.6 is 0 Å². The number of rotatable bonds is 0. The molecule has 1 rings (SSSR count). The number of carbonyl (C=O) groups is 1. The molecule has 0 aromatic carbocycles. The number of allylic oxidation sites excluding steroid dienone is 3. The Balaban J connectivity index is 2.75. The van der Waals surface area contributed by atoms with Crippen molar-refractivity contribution in [1.29, 1.82) is 0 Å². The van der Waals surface area contributed by atoms with Gasteiger partial charge in [-0.2, -0.15) is 0 Å². The molecule has 0 saturated carbocycles. The molecule has 0 aromatic heterocycles. The lowest BCUT2D eigenvalue weighted by Crippen LogP contribution is -2.01. The maximum absolute atomic E-state index is 10.6. The number of hydrogen-bond acceptors (Lipinski definition) is 1. The zero-order valence-corrected chi connectivity index (χ0v) is 4.68. The van der Waals surface area contributed by atoms with Crippen LogP contribution in [0.3, 0.4) is 0 Å². The van der Waals surface area contributed by atoms with Crippen LogP contribution < -0.4 is 0 Å². The van der Waals surface area contributed by atoms with Crippen LogP contribution in [0.25, 0.3) is 0 Å². The first kappa shape index (κ1) is 5.29. The Morgan fingerprint density at radius 3 is 2.75 bits per heavy atom. The molecule has 0 aliphatic heterocycles. The molecule has 0 amide bonds. The van der Waals surface area contributed by atoms with Crippen molar-refractivity contribution >= 4 is 5.78 Å². The molecule has 0 radical (unpaired) electrons. The van der Waals surface area contributed by atoms with Gasteiger partial charge in [0.25, 0.3) is 0 Å². The highest BCUT2D eigenvalue weighted by Crippen LogP contribution is 2.08. The van der Waals surface area contributed by atoms with Gasteiger partial charge < -0.3 is 0 Å². The lowest BCUT2D eigenvalue weighted by molar-refractivity contribution is -0.115. The molecule has 8 heavy (non-hydrogen) atoms. The molecule has 42 valence electrons. The monoisotopic (exact) mass is 108 g/mol. The van der Waals surface area contributed by atoms with Gasteiger partial charge in [0.05, 0.1) is 0 Å². The van der Waals surface area contributed by atoms with Crippen molar-refractivity contribution in [3.63, 3.8) is 0 Å². The van der Waals surface area contributed by atoms with Crippen molar-refractivity contribution in [3.8, 4) is 0 Å². The highest BCUT2D eigenvalue weighted by molar-refractivity contribution is 5.98. The molecule has 1 aliphatic carbocycles. The molecule has 0 spiro atoms. The Bertz CT molecular complexity index is 154. The molecule has 0 N–H and O–H groups in total. The minimum Gasteiger partial charge on any atom is -0.294 e. The van der Waals surface area contributed by atoms with Gasteiger partial charge in [0.15, 0.2) is 5.78 Å². The quantitative estimate of drug-likeness (QED) is 0.429. The van der Waals surface area contributed by atoms with Crippen molar-refractivity contribution in [2.75, 3.05) is 0 Å². The van der Waals surface area contributed by atoms with Crippen molar-refractivity contribution in [3.05, 3.63) is 24.3 Å². The third-order valence-electron chi connectivity index (χ3n) is 1.22. The second-order valence-corrected chi connectivity index (χ2v) is 1.89. The normalized spacial score (nSPS) is 19.5. The lowest BCUT2D eigenvalue weighted by Gasteiger charge is -2.01. The number of Topliss-reactive ketones (excluding diaryl/α,β-unsaturated/α-hetero) is 1. The van der Waals surface area contributed by atoms with Gasteiger partial charge in [0, 0.05) is 12.0 Å².